The maximum atomic E-state index is 5.43. The van der Waals surface area contributed by atoms with Crippen molar-refractivity contribution in [1.29, 1.82) is 0 Å². The Bertz CT molecular complexity index is 644. The smallest absolute Gasteiger partial charge is 0.191 e. The number of methoxy groups -OCH3 is 1. The summed E-state index contributed by atoms with van der Waals surface area (Å²) in [6.45, 7) is 5.38. The number of aromatic nitrogens is 1. The summed E-state index contributed by atoms with van der Waals surface area (Å²) in [5.41, 5.74) is 4.31. The molecule has 0 aromatic carbocycles. The van der Waals surface area contributed by atoms with Gasteiger partial charge in [0.05, 0.1) is 19.3 Å². The Morgan fingerprint density at radius 1 is 1.30 bits per heavy atom. The van der Waals surface area contributed by atoms with Gasteiger partial charge in [0.15, 0.2) is 5.96 Å². The van der Waals surface area contributed by atoms with E-state index in [1.165, 1.54) is 5.56 Å². The number of ether oxygens (including phenoxy) is 1. The molecule has 0 bridgehead atoms. The largest absolute Gasteiger partial charge is 0.496 e. The molecule has 0 aliphatic rings. The molecule has 0 spiro atoms. The summed E-state index contributed by atoms with van der Waals surface area (Å²) in [5.74, 6) is 1.65. The standard InChI is InChI=1S/C16H22N4OS.HI/c1-11-7-18-14(12(2)15(11)21-4)9-20-16(17-3)19-8-13-5-6-22-10-13;/h5-7,10H,8-9H2,1-4H3,(H2,17,19,20);1H. The average Bonchev–Trinajstić information content (AvgIpc) is 3.03. The van der Waals surface area contributed by atoms with Crippen molar-refractivity contribution in [2.45, 2.75) is 26.9 Å². The van der Waals surface area contributed by atoms with Gasteiger partial charge < -0.3 is 15.4 Å². The van der Waals surface area contributed by atoms with Gasteiger partial charge in [-0.25, -0.2) is 0 Å². The van der Waals surface area contributed by atoms with Gasteiger partial charge in [0.1, 0.15) is 5.75 Å². The third-order valence-corrected chi connectivity index (χ3v) is 4.17. The summed E-state index contributed by atoms with van der Waals surface area (Å²) in [6, 6.07) is 2.10. The summed E-state index contributed by atoms with van der Waals surface area (Å²) in [6.07, 6.45) is 1.84. The van der Waals surface area contributed by atoms with Crippen molar-refractivity contribution in [3.8, 4) is 5.75 Å². The SMILES string of the molecule is CN=C(NCc1ccsc1)NCc1ncc(C)c(OC)c1C.I. The topological polar surface area (TPSA) is 58.5 Å². The lowest BCUT2D eigenvalue weighted by Crippen LogP contribution is -2.36. The highest BCUT2D eigenvalue weighted by Gasteiger charge is 2.09. The second-order valence-electron chi connectivity index (χ2n) is 4.96. The van der Waals surface area contributed by atoms with Gasteiger partial charge in [0, 0.05) is 30.9 Å². The first kappa shape index (κ1) is 19.7. The number of halogens is 1. The Kier molecular flexibility index (Phi) is 8.32. The number of nitrogens with one attached hydrogen (secondary N) is 2. The first-order valence-corrected chi connectivity index (χ1v) is 8.04. The van der Waals surface area contributed by atoms with Crippen LogP contribution in [-0.4, -0.2) is 25.1 Å². The molecule has 0 saturated carbocycles. The zero-order chi connectivity index (χ0) is 15.9. The summed E-state index contributed by atoms with van der Waals surface area (Å²) in [4.78, 5) is 8.71. The second kappa shape index (κ2) is 9.71. The van der Waals surface area contributed by atoms with Crippen LogP contribution in [0.3, 0.4) is 0 Å². The van der Waals surface area contributed by atoms with E-state index < -0.39 is 0 Å². The second-order valence-corrected chi connectivity index (χ2v) is 5.74. The number of thiophene rings is 1. The normalized spacial score (nSPS) is 10.9. The Balaban J connectivity index is 0.00000264. The van der Waals surface area contributed by atoms with Gasteiger partial charge in [-0.05, 0) is 36.2 Å². The van der Waals surface area contributed by atoms with E-state index in [0.717, 1.165) is 35.1 Å². The fourth-order valence-electron chi connectivity index (χ4n) is 2.22. The van der Waals surface area contributed by atoms with Crippen molar-refractivity contribution in [3.63, 3.8) is 0 Å². The molecule has 0 aliphatic carbocycles. The van der Waals surface area contributed by atoms with Crippen molar-refractivity contribution >= 4 is 41.3 Å². The lowest BCUT2D eigenvalue weighted by molar-refractivity contribution is 0.406. The molecule has 0 fully saturated rings. The number of hydrogen-bond donors (Lipinski definition) is 2. The van der Waals surface area contributed by atoms with Gasteiger partial charge in [0.2, 0.25) is 0 Å². The van der Waals surface area contributed by atoms with Gasteiger partial charge in [-0.2, -0.15) is 11.3 Å². The molecule has 2 rings (SSSR count). The van der Waals surface area contributed by atoms with E-state index >= 15 is 0 Å². The van der Waals surface area contributed by atoms with Crippen molar-refractivity contribution in [2.24, 2.45) is 4.99 Å². The van der Waals surface area contributed by atoms with Crippen LogP contribution in [0.5, 0.6) is 5.75 Å². The van der Waals surface area contributed by atoms with Crippen molar-refractivity contribution < 1.29 is 4.74 Å². The molecule has 2 N–H and O–H groups in total. The van der Waals surface area contributed by atoms with E-state index in [2.05, 4.69) is 37.4 Å². The number of aliphatic imine (C=N–C) groups is 1. The van der Waals surface area contributed by atoms with Gasteiger partial charge in [-0.15, -0.1) is 24.0 Å². The quantitative estimate of drug-likeness (QED) is 0.421. The van der Waals surface area contributed by atoms with Crippen molar-refractivity contribution in [2.75, 3.05) is 14.2 Å². The Morgan fingerprint density at radius 3 is 2.65 bits per heavy atom. The van der Waals surface area contributed by atoms with Gasteiger partial charge in [-0.1, -0.05) is 0 Å². The molecule has 0 aliphatic heterocycles. The van der Waals surface area contributed by atoms with Gasteiger partial charge >= 0.3 is 0 Å². The number of rotatable bonds is 5. The van der Waals surface area contributed by atoms with Gasteiger partial charge in [0.25, 0.3) is 0 Å². The molecule has 2 aromatic rings. The Labute approximate surface area is 158 Å². The van der Waals surface area contributed by atoms with Crippen LogP contribution in [0.25, 0.3) is 0 Å². The highest BCUT2D eigenvalue weighted by Crippen LogP contribution is 2.23. The first-order chi connectivity index (χ1) is 10.7. The highest BCUT2D eigenvalue weighted by molar-refractivity contribution is 14.0. The van der Waals surface area contributed by atoms with Crippen LogP contribution in [0, 0.1) is 13.8 Å². The summed E-state index contributed by atoms with van der Waals surface area (Å²) in [5, 5.41) is 10.8. The number of pyridine rings is 1. The summed E-state index contributed by atoms with van der Waals surface area (Å²) >= 11 is 1.69. The third kappa shape index (κ3) is 5.35. The molecule has 0 amide bonds. The molecule has 0 atom stereocenters. The van der Waals surface area contributed by atoms with Gasteiger partial charge in [-0.3, -0.25) is 9.98 Å². The minimum absolute atomic E-state index is 0. The number of nitrogens with zero attached hydrogens (tertiary/aromatic N) is 2. The van der Waals surface area contributed by atoms with E-state index in [1.807, 2.05) is 20.0 Å². The molecular weight excluding hydrogens is 423 g/mol. The van der Waals surface area contributed by atoms with E-state index in [-0.39, 0.29) is 24.0 Å². The zero-order valence-corrected chi connectivity index (χ0v) is 17.0. The third-order valence-electron chi connectivity index (χ3n) is 3.44. The minimum Gasteiger partial charge on any atom is -0.496 e. The maximum Gasteiger partial charge on any atom is 0.191 e. The Morgan fingerprint density at radius 2 is 2.04 bits per heavy atom. The lowest BCUT2D eigenvalue weighted by atomic mass is 10.1. The van der Waals surface area contributed by atoms with E-state index in [9.17, 15) is 0 Å². The molecule has 23 heavy (non-hydrogen) atoms. The summed E-state index contributed by atoms with van der Waals surface area (Å²) < 4.78 is 5.43. The molecule has 0 radical (unpaired) electrons. The zero-order valence-electron chi connectivity index (χ0n) is 13.8. The molecule has 126 valence electrons. The molecular formula is C16H23IN4OS. The number of guanidine groups is 1. The van der Waals surface area contributed by atoms with E-state index in [1.54, 1.807) is 25.5 Å². The highest BCUT2D eigenvalue weighted by atomic mass is 127. The molecule has 0 saturated heterocycles. The van der Waals surface area contributed by atoms with E-state index in [0.29, 0.717) is 6.54 Å². The van der Waals surface area contributed by atoms with Crippen LogP contribution in [0.4, 0.5) is 0 Å². The van der Waals surface area contributed by atoms with Crippen LogP contribution in [-0.2, 0) is 13.1 Å². The average molecular weight is 446 g/mol. The van der Waals surface area contributed by atoms with Crippen molar-refractivity contribution in [1.82, 2.24) is 15.6 Å². The van der Waals surface area contributed by atoms with Crippen LogP contribution in [0.1, 0.15) is 22.4 Å². The Hall–Kier alpha value is -1.35. The summed E-state index contributed by atoms with van der Waals surface area (Å²) in [7, 11) is 3.45. The van der Waals surface area contributed by atoms with Crippen LogP contribution in [0.15, 0.2) is 28.0 Å². The minimum atomic E-state index is 0. The fraction of sp³-hybridized carbons (Fsp3) is 0.375. The fourth-order valence-corrected chi connectivity index (χ4v) is 2.89. The predicted octanol–water partition coefficient (Wildman–Crippen LogP) is 3.25. The van der Waals surface area contributed by atoms with Crippen LogP contribution >= 0.6 is 35.3 Å². The van der Waals surface area contributed by atoms with Crippen LogP contribution in [0.2, 0.25) is 0 Å². The van der Waals surface area contributed by atoms with Crippen LogP contribution < -0.4 is 15.4 Å². The molecule has 2 aromatic heterocycles. The molecule has 0 unspecified atom stereocenters. The first-order valence-electron chi connectivity index (χ1n) is 7.10. The monoisotopic (exact) mass is 446 g/mol. The predicted molar refractivity (Wildman–Crippen MR) is 107 cm³/mol. The number of hydrogen-bond acceptors (Lipinski definition) is 4. The molecule has 5 nitrogen and oxygen atoms in total. The number of aryl methyl sites for hydroxylation is 1. The molecule has 2 heterocycles. The lowest BCUT2D eigenvalue weighted by Gasteiger charge is -2.15. The molecule has 7 heteroatoms. The van der Waals surface area contributed by atoms with Crippen molar-refractivity contribution in [3.05, 3.63) is 45.4 Å². The van der Waals surface area contributed by atoms with E-state index in [4.69, 9.17) is 4.74 Å². The maximum absolute atomic E-state index is 5.43.